The molecule has 21 N–H and O–H groups in total. The van der Waals surface area contributed by atoms with Crippen molar-refractivity contribution in [3.05, 3.63) is 171 Å². The van der Waals surface area contributed by atoms with Gasteiger partial charge in [-0.15, -0.1) is 5.10 Å². The van der Waals surface area contributed by atoms with Crippen molar-refractivity contribution in [1.29, 1.82) is 0 Å². The number of unbranched alkanes of at least 4 members (excludes halogenated alkanes) is 3. The molecule has 47 heteroatoms. The molecule has 2 aliphatic heterocycles. The number of carboxylic acid groups (broad SMARTS) is 4. The Kier molecular flexibility index (Phi) is 37.9. The highest BCUT2D eigenvalue weighted by Gasteiger charge is 2.51. The Morgan fingerprint density at radius 1 is 0.643 bits per heavy atom. The molecule has 0 radical (unpaired) electrons. The summed E-state index contributed by atoms with van der Waals surface area (Å²) in [5, 5.41) is 126. The molecule has 2 aliphatic carbocycles. The zero-order valence-electron chi connectivity index (χ0n) is 78.5. The van der Waals surface area contributed by atoms with Gasteiger partial charge in [-0.1, -0.05) is 104 Å². The number of carbonyl (C=O) groups excluding carboxylic acids is 12. The fourth-order valence-corrected chi connectivity index (χ4v) is 18.2. The van der Waals surface area contributed by atoms with E-state index < -0.39 is 237 Å². The number of carbonyl (C=O) groups is 16. The van der Waals surface area contributed by atoms with Gasteiger partial charge in [-0.05, 0) is 130 Å². The highest BCUT2D eigenvalue weighted by atomic mass is 31.2. The molecule has 12 atom stereocenters. The number of nitrogens with zero attached hydrogens (tertiary/aromatic N) is 4. The molecule has 766 valence electrons. The summed E-state index contributed by atoms with van der Waals surface area (Å²) in [6.07, 6.45) is -8.67. The van der Waals surface area contributed by atoms with Gasteiger partial charge in [0.25, 0.3) is 5.91 Å². The maximum absolute atomic E-state index is 14.4. The van der Waals surface area contributed by atoms with Crippen molar-refractivity contribution in [3.8, 4) is 39.8 Å². The van der Waals surface area contributed by atoms with Crippen molar-refractivity contribution >= 4 is 114 Å². The minimum atomic E-state index is -4.80. The fraction of sp³-hybridized carbons (Fsp3) is 0.438. The molecule has 1 fully saturated rings. The molecule has 7 aromatic rings. The molecule has 11 rings (SSSR count). The lowest BCUT2D eigenvalue weighted by molar-refractivity contribution is -0.249. The van der Waals surface area contributed by atoms with Crippen LogP contribution >= 0.6 is 7.75 Å². The minimum absolute atomic E-state index is 0.000239. The second-order valence-corrected chi connectivity index (χ2v) is 36.8. The number of rotatable bonds is 50. The van der Waals surface area contributed by atoms with Gasteiger partial charge in [0.2, 0.25) is 41.2 Å². The summed E-state index contributed by atoms with van der Waals surface area (Å²) in [5.41, 5.74) is 6.15. The third kappa shape index (κ3) is 28.5. The number of nitrogens with two attached hydrogens (primary N) is 1. The Balaban J connectivity index is 0.622. The number of fused-ring (bicyclic) bond motifs is 8. The van der Waals surface area contributed by atoms with Gasteiger partial charge in [0, 0.05) is 104 Å². The molecule has 0 bridgehead atoms. The zero-order valence-corrected chi connectivity index (χ0v) is 79.4. The van der Waals surface area contributed by atoms with E-state index in [1.807, 2.05) is 47.6 Å². The summed E-state index contributed by atoms with van der Waals surface area (Å²) in [6.45, 7) is 3.41. The standard InChI is InChI=1S/C96H115N14O32P/c1-50(2)80(90(126)103-61(21-15-41-99-94(97)133)89(125)100-56-34-30-53(31-35-56)49-139-95(134)104-65-43-75(141-51(3)83(65)119)142-68-45-96(135,69(112)48-111)44-60-77(68)87(123)79-78(85(60)121)84(120)59-20-14-24-67(138-4)76(59)86(79)122)105-88(124)54-32-28-52(29-33-54)46-110-82-57-18-8-7-17-55(57)47-109(66-23-10-9-19-58(66)81(82)106-108-110)73(116)27-12-11-25-70(113)98-40-13-5-6-26-71(114)102-63(92(129)130)36-38-72(115)101-62(91(127)128)22-16-42-140-143(136,137)107-64(93(131)132)37-39-74(117)118/h7-10,14,17-20,23-24,28-35,50-51,61-65,68,75,80,83,111,119,121,123,135H,5-6,11-13,15-16,21-22,25-27,36-49H2,1-4H3,(H,98,113)(H,100,125)(H,101,115)(H,102,114)(H,103,126)(H,104,134)(H,105,124)(H,117,118)(H,127,128)(H,129,130)(H,131,132)(H3,97,99,133)(H2,107,136,137)/t51-,61-,62-,63-,64-,65-,68-,75-,80-,83+,96-/m0/s1. The third-order valence-electron chi connectivity index (χ3n) is 24.7. The summed E-state index contributed by atoms with van der Waals surface area (Å²) in [6, 6.07) is 22.5. The molecule has 4 aliphatic rings. The van der Waals surface area contributed by atoms with Crippen LogP contribution in [-0.2, 0) is 102 Å². The number of amides is 10. The zero-order chi connectivity index (χ0) is 104. The number of benzene rings is 6. The van der Waals surface area contributed by atoms with Crippen LogP contribution in [0.5, 0.6) is 17.2 Å². The number of aromatic hydroxyl groups is 2. The Morgan fingerprint density at radius 2 is 1.27 bits per heavy atom. The highest BCUT2D eigenvalue weighted by Crippen LogP contribution is 2.53. The van der Waals surface area contributed by atoms with Crippen LogP contribution in [0.25, 0.3) is 22.5 Å². The number of ketones is 3. The van der Waals surface area contributed by atoms with Gasteiger partial charge in [0.1, 0.15) is 78.1 Å². The van der Waals surface area contributed by atoms with Gasteiger partial charge < -0.3 is 123 Å². The Labute approximate surface area is 817 Å². The van der Waals surface area contributed by atoms with Crippen molar-refractivity contribution in [2.75, 3.05) is 43.6 Å². The number of alkyl carbamates (subject to hydrolysis) is 1. The van der Waals surface area contributed by atoms with Crippen LogP contribution in [0.15, 0.2) is 115 Å². The van der Waals surface area contributed by atoms with E-state index in [9.17, 15) is 127 Å². The molecule has 1 saturated heterocycles. The average Bonchev–Trinajstić information content (AvgIpc) is 1.05. The number of hydrogen-bond acceptors (Lipinski definition) is 29. The SMILES string of the molecule is COc1cccc2c1C(=O)c1c(O)c3c(c(O)c1C2=O)C[C@@](O)(C(=O)CO)C[C@@H]3O[C@H]1C[C@H](NC(=O)OCc2ccc(NC(=O)[C@H](CCCNC(N)=O)NC(=O)[C@@H](NC(=O)c3ccc(Cn4nnc5c4-c4ccccc4CN(C(=O)CCCCC(=O)NCCCCCC(=O)N[C@@H](CCC(=O)N[C@@H](CCCOP(=O)(O)N[C@@H](CCC(=O)O)C(=O)O)C(=O)O)C(=O)O)c4ccccc4-5)cc3)C(C)C)cc2)[C@H](O)[C@H](C)O1. The first-order chi connectivity index (χ1) is 68.1. The van der Waals surface area contributed by atoms with Gasteiger partial charge in [-0.25, -0.2) is 33.5 Å². The molecule has 1 aromatic heterocycles. The number of para-hydroxylation sites is 1. The van der Waals surface area contributed by atoms with Crippen LogP contribution in [-0.4, -0.2) is 254 Å². The molecule has 143 heavy (non-hydrogen) atoms. The van der Waals surface area contributed by atoms with Crippen molar-refractivity contribution in [3.63, 3.8) is 0 Å². The maximum atomic E-state index is 14.4. The van der Waals surface area contributed by atoms with E-state index in [2.05, 4.69) is 52.8 Å². The van der Waals surface area contributed by atoms with E-state index in [-0.39, 0.29) is 135 Å². The van der Waals surface area contributed by atoms with Crippen LogP contribution < -0.4 is 63.0 Å². The second kappa shape index (κ2) is 49.7. The van der Waals surface area contributed by atoms with E-state index in [0.717, 1.165) is 11.1 Å². The average molecular weight is 2010 g/mol. The lowest BCUT2D eigenvalue weighted by Gasteiger charge is -2.42. The van der Waals surface area contributed by atoms with Crippen molar-refractivity contribution < 1.29 is 156 Å². The number of aromatic nitrogens is 3. The van der Waals surface area contributed by atoms with Gasteiger partial charge in [-0.3, -0.25) is 62.1 Å². The first-order valence-corrected chi connectivity index (χ1v) is 47.9. The molecule has 46 nitrogen and oxygen atoms in total. The number of Topliss-reactive ketones (excluding diaryl/α,β-unsaturated/α-hetero) is 1. The second-order valence-electron chi connectivity index (χ2n) is 35.3. The van der Waals surface area contributed by atoms with E-state index >= 15 is 0 Å². The van der Waals surface area contributed by atoms with Crippen LogP contribution in [0.1, 0.15) is 212 Å². The number of aliphatic hydroxyl groups excluding tert-OH is 2. The molecule has 3 heterocycles. The Hall–Kier alpha value is -14.5. The number of phenolic OH excluding ortho intramolecular Hbond substituents is 2. The smallest absolute Gasteiger partial charge is 0.407 e. The first-order valence-electron chi connectivity index (χ1n) is 46.3. The van der Waals surface area contributed by atoms with E-state index in [1.54, 1.807) is 53.8 Å². The number of primary amides is 1. The van der Waals surface area contributed by atoms with Gasteiger partial charge in [-0.2, -0.15) is 0 Å². The number of methoxy groups -OCH3 is 1. The predicted molar refractivity (Wildman–Crippen MR) is 503 cm³/mol. The van der Waals surface area contributed by atoms with Crippen molar-refractivity contribution in [2.24, 2.45) is 11.7 Å². The summed E-state index contributed by atoms with van der Waals surface area (Å²) in [7, 11) is -3.52. The molecule has 6 aromatic carbocycles. The number of carboxylic acids is 4. The lowest BCUT2D eigenvalue weighted by Crippen LogP contribution is -2.56. The molecular weight excluding hydrogens is 1890 g/mol. The van der Waals surface area contributed by atoms with Crippen molar-refractivity contribution in [1.82, 2.24) is 57.3 Å². The molecule has 10 amide bonds. The Morgan fingerprint density at radius 3 is 1.94 bits per heavy atom. The minimum Gasteiger partial charge on any atom is -0.507 e. The fourth-order valence-electron chi connectivity index (χ4n) is 17.1. The highest BCUT2D eigenvalue weighted by molar-refractivity contribution is 7.50. The maximum Gasteiger partial charge on any atom is 0.407 e. The first kappa shape index (κ1) is 109. The van der Waals surface area contributed by atoms with Crippen LogP contribution in [0.2, 0.25) is 0 Å². The summed E-state index contributed by atoms with van der Waals surface area (Å²) >= 11 is 0. The number of hydrogen-bond donors (Lipinski definition) is 20. The van der Waals surface area contributed by atoms with Gasteiger partial charge in [0.15, 0.2) is 17.9 Å². The normalized spacial score (nSPS) is 18.1. The Bertz CT molecular complexity index is 5980. The third-order valence-corrected chi connectivity index (χ3v) is 25.8. The number of ether oxygens (including phenoxy) is 4. The van der Waals surface area contributed by atoms with Crippen LogP contribution in [0.3, 0.4) is 0 Å². The summed E-state index contributed by atoms with van der Waals surface area (Å²) < 4.78 is 42.1. The van der Waals surface area contributed by atoms with Crippen molar-refractivity contribution in [2.45, 2.75) is 229 Å². The number of aliphatic carboxylic acids is 4. The number of urea groups is 1. The molecular formula is C96H115N14O32P. The number of aliphatic hydroxyl groups is 3. The van der Waals surface area contributed by atoms with E-state index in [0.29, 0.717) is 65.9 Å². The quantitative estimate of drug-likeness (QED) is 0.0134. The van der Waals surface area contributed by atoms with E-state index in [1.165, 1.54) is 56.5 Å². The largest absolute Gasteiger partial charge is 0.507 e. The molecule has 0 saturated carbocycles. The molecule has 1 unspecified atom stereocenters. The lowest BCUT2D eigenvalue weighted by atomic mass is 9.72. The van der Waals surface area contributed by atoms with Crippen LogP contribution in [0.4, 0.5) is 21.0 Å². The topological polar surface area (TPSA) is 707 Å². The summed E-state index contributed by atoms with van der Waals surface area (Å²) in [5.74, 6) is -14.9. The monoisotopic (exact) mass is 2010 g/mol. The number of nitrogens with one attached hydrogen (secondary N) is 9. The number of phenols is 2. The summed E-state index contributed by atoms with van der Waals surface area (Å²) in [4.78, 5) is 220. The van der Waals surface area contributed by atoms with Crippen LogP contribution in [0, 0.1) is 5.92 Å². The van der Waals surface area contributed by atoms with Gasteiger partial charge >= 0.3 is 43.7 Å². The van der Waals surface area contributed by atoms with E-state index in [4.69, 9.17) is 34.3 Å². The predicted octanol–water partition coefficient (Wildman–Crippen LogP) is 5.08. The van der Waals surface area contributed by atoms with Gasteiger partial charge in [0.05, 0.1) is 73.1 Å². The number of anilines is 2. The molecule has 0 spiro atoms.